The van der Waals surface area contributed by atoms with Crippen molar-refractivity contribution in [3.05, 3.63) is 41.3 Å². The number of esters is 1. The van der Waals surface area contributed by atoms with Crippen LogP contribution in [0.1, 0.15) is 32.3 Å². The van der Waals surface area contributed by atoms with E-state index in [1.165, 1.54) is 0 Å². The standard InChI is InChI=1S/C24H32O6S/c1-16(2)19-13-22(30-24(19)26)20(25)15-28-14-17-7-8-18(23-6-4-11-31-23)21(12-17)29-10-5-9-27-3/h4,6-8,11-12,16,19-20,22,25H,5,9-10,13-15H2,1-3H3/t19-,20+,22-/m0/s1. The van der Waals surface area contributed by atoms with Crippen LogP contribution in [0.3, 0.4) is 0 Å². The van der Waals surface area contributed by atoms with E-state index in [-0.39, 0.29) is 24.4 Å². The Hall–Kier alpha value is -1.93. The van der Waals surface area contributed by atoms with Gasteiger partial charge in [0.1, 0.15) is 18.0 Å². The van der Waals surface area contributed by atoms with E-state index >= 15 is 0 Å². The first-order chi connectivity index (χ1) is 15.0. The van der Waals surface area contributed by atoms with Crippen LogP contribution in [0.4, 0.5) is 0 Å². The minimum atomic E-state index is -0.831. The van der Waals surface area contributed by atoms with Crippen molar-refractivity contribution in [3.63, 3.8) is 0 Å². The van der Waals surface area contributed by atoms with Gasteiger partial charge in [0.25, 0.3) is 0 Å². The van der Waals surface area contributed by atoms with Crippen molar-refractivity contribution in [2.45, 2.75) is 45.5 Å². The molecule has 1 N–H and O–H groups in total. The quantitative estimate of drug-likeness (QED) is 0.386. The van der Waals surface area contributed by atoms with Gasteiger partial charge in [-0.3, -0.25) is 4.79 Å². The second-order valence-electron chi connectivity index (χ2n) is 8.15. The topological polar surface area (TPSA) is 74.2 Å². The van der Waals surface area contributed by atoms with Gasteiger partial charge in [-0.05, 0) is 35.1 Å². The van der Waals surface area contributed by atoms with Gasteiger partial charge < -0.3 is 24.1 Å². The largest absolute Gasteiger partial charge is 0.493 e. The average molecular weight is 449 g/mol. The summed E-state index contributed by atoms with van der Waals surface area (Å²) in [6, 6.07) is 10.1. The van der Waals surface area contributed by atoms with Crippen molar-refractivity contribution in [3.8, 4) is 16.2 Å². The van der Waals surface area contributed by atoms with E-state index in [9.17, 15) is 9.90 Å². The molecule has 6 nitrogen and oxygen atoms in total. The molecule has 0 amide bonds. The highest BCUT2D eigenvalue weighted by atomic mass is 32.1. The summed E-state index contributed by atoms with van der Waals surface area (Å²) in [4.78, 5) is 13.1. The normalized spacial score (nSPS) is 19.6. The number of benzene rings is 1. The van der Waals surface area contributed by atoms with E-state index < -0.39 is 12.2 Å². The first kappa shape index (κ1) is 23.7. The van der Waals surface area contributed by atoms with E-state index in [1.54, 1.807) is 18.4 Å². The average Bonchev–Trinajstić information content (AvgIpc) is 3.41. The second-order valence-corrected chi connectivity index (χ2v) is 9.09. The molecule has 7 heteroatoms. The molecule has 3 atom stereocenters. The maximum Gasteiger partial charge on any atom is 0.309 e. The molecule has 1 aliphatic rings. The molecule has 3 rings (SSSR count). The van der Waals surface area contributed by atoms with Crippen LogP contribution in [0.2, 0.25) is 0 Å². The maximum absolute atomic E-state index is 11.9. The SMILES string of the molecule is COCCCOc1cc(COC[C@@H](O)[C@@H]2C[C@@H](C(C)C)C(=O)O2)ccc1-c1cccs1. The molecule has 0 unspecified atom stereocenters. The Bertz CT molecular complexity index is 819. The lowest BCUT2D eigenvalue weighted by molar-refractivity contribution is -0.150. The number of rotatable bonds is 12. The van der Waals surface area contributed by atoms with Gasteiger partial charge in [0, 0.05) is 37.0 Å². The smallest absolute Gasteiger partial charge is 0.309 e. The minimum Gasteiger partial charge on any atom is -0.493 e. The number of ether oxygens (including phenoxy) is 4. The van der Waals surface area contributed by atoms with E-state index in [2.05, 4.69) is 6.07 Å². The molecular weight excluding hydrogens is 416 g/mol. The van der Waals surface area contributed by atoms with Crippen molar-refractivity contribution in [2.75, 3.05) is 26.9 Å². The molecule has 0 saturated carbocycles. The highest BCUT2D eigenvalue weighted by Gasteiger charge is 2.39. The predicted molar refractivity (Wildman–Crippen MR) is 120 cm³/mol. The first-order valence-electron chi connectivity index (χ1n) is 10.7. The summed E-state index contributed by atoms with van der Waals surface area (Å²) in [7, 11) is 1.68. The number of methoxy groups -OCH3 is 1. The summed E-state index contributed by atoms with van der Waals surface area (Å²) in [6.45, 7) is 5.65. The lowest BCUT2D eigenvalue weighted by Gasteiger charge is -2.18. The zero-order valence-corrected chi connectivity index (χ0v) is 19.2. The number of aliphatic hydroxyl groups is 1. The lowest BCUT2D eigenvalue weighted by atomic mass is 9.91. The molecule has 0 aliphatic carbocycles. The fourth-order valence-corrected chi connectivity index (χ4v) is 4.37. The number of hydrogen-bond donors (Lipinski definition) is 1. The fourth-order valence-electron chi connectivity index (χ4n) is 3.61. The Labute approximate surface area is 188 Å². The van der Waals surface area contributed by atoms with E-state index in [0.717, 1.165) is 28.2 Å². The highest BCUT2D eigenvalue weighted by molar-refractivity contribution is 7.13. The molecule has 1 aliphatic heterocycles. The number of carbonyl (C=O) groups is 1. The molecule has 0 bridgehead atoms. The van der Waals surface area contributed by atoms with Crippen LogP contribution < -0.4 is 4.74 Å². The van der Waals surface area contributed by atoms with Gasteiger partial charge in [0.05, 0.1) is 25.7 Å². The molecule has 1 fully saturated rings. The predicted octanol–water partition coefficient (Wildman–Crippen LogP) is 4.30. The second kappa shape index (κ2) is 11.6. The zero-order valence-electron chi connectivity index (χ0n) is 18.4. The molecule has 0 spiro atoms. The zero-order chi connectivity index (χ0) is 22.2. The van der Waals surface area contributed by atoms with Crippen molar-refractivity contribution >= 4 is 17.3 Å². The van der Waals surface area contributed by atoms with Crippen LogP contribution in [0, 0.1) is 11.8 Å². The third-order valence-corrected chi connectivity index (χ3v) is 6.33. The van der Waals surface area contributed by atoms with E-state index in [4.69, 9.17) is 18.9 Å². The lowest BCUT2D eigenvalue weighted by Crippen LogP contribution is -2.30. The van der Waals surface area contributed by atoms with Crippen LogP contribution in [0.5, 0.6) is 5.75 Å². The molecule has 0 radical (unpaired) electrons. The third kappa shape index (κ3) is 6.53. The number of cyclic esters (lactones) is 1. The third-order valence-electron chi connectivity index (χ3n) is 5.43. The molecule has 170 valence electrons. The Morgan fingerprint density at radius 3 is 2.77 bits per heavy atom. The number of aliphatic hydroxyl groups excluding tert-OH is 1. The number of thiophene rings is 1. The molecule has 31 heavy (non-hydrogen) atoms. The van der Waals surface area contributed by atoms with Gasteiger partial charge in [-0.25, -0.2) is 0 Å². The van der Waals surface area contributed by atoms with E-state index in [0.29, 0.717) is 26.2 Å². The monoisotopic (exact) mass is 448 g/mol. The fraction of sp³-hybridized carbons (Fsp3) is 0.542. The Morgan fingerprint density at radius 2 is 2.10 bits per heavy atom. The summed E-state index contributed by atoms with van der Waals surface area (Å²) in [5.74, 6) is 0.639. The van der Waals surface area contributed by atoms with Crippen molar-refractivity contribution in [1.82, 2.24) is 0 Å². The van der Waals surface area contributed by atoms with Gasteiger partial charge in [0.2, 0.25) is 0 Å². The van der Waals surface area contributed by atoms with Gasteiger partial charge in [-0.2, -0.15) is 0 Å². The Morgan fingerprint density at radius 1 is 1.26 bits per heavy atom. The van der Waals surface area contributed by atoms with Crippen LogP contribution in [0.25, 0.3) is 10.4 Å². The number of hydrogen-bond acceptors (Lipinski definition) is 7. The molecule has 2 aromatic rings. The molecule has 1 saturated heterocycles. The first-order valence-corrected chi connectivity index (χ1v) is 11.6. The van der Waals surface area contributed by atoms with Gasteiger partial charge in [-0.15, -0.1) is 11.3 Å². The molecular formula is C24H32O6S. The molecule has 1 aromatic heterocycles. The van der Waals surface area contributed by atoms with Crippen LogP contribution in [-0.2, 0) is 25.6 Å². The van der Waals surface area contributed by atoms with Crippen LogP contribution in [-0.4, -0.2) is 50.2 Å². The summed E-state index contributed by atoms with van der Waals surface area (Å²) in [5.41, 5.74) is 2.01. The maximum atomic E-state index is 11.9. The van der Waals surface area contributed by atoms with Gasteiger partial charge in [0.15, 0.2) is 0 Å². The van der Waals surface area contributed by atoms with Gasteiger partial charge >= 0.3 is 5.97 Å². The Kier molecular flexibility index (Phi) is 8.90. The number of carbonyl (C=O) groups excluding carboxylic acids is 1. The van der Waals surface area contributed by atoms with Gasteiger partial charge in [-0.1, -0.05) is 26.0 Å². The summed E-state index contributed by atoms with van der Waals surface area (Å²) >= 11 is 1.67. The van der Waals surface area contributed by atoms with Crippen LogP contribution >= 0.6 is 11.3 Å². The molecule has 2 heterocycles. The van der Waals surface area contributed by atoms with Crippen molar-refractivity contribution in [1.29, 1.82) is 0 Å². The van der Waals surface area contributed by atoms with Crippen LogP contribution in [0.15, 0.2) is 35.7 Å². The minimum absolute atomic E-state index is 0.111. The van der Waals surface area contributed by atoms with Crippen molar-refractivity contribution < 1.29 is 28.8 Å². The summed E-state index contributed by atoms with van der Waals surface area (Å²) in [5, 5.41) is 12.4. The molecule has 1 aromatic carbocycles. The summed E-state index contributed by atoms with van der Waals surface area (Å²) in [6.07, 6.45) is 0.0180. The highest BCUT2D eigenvalue weighted by Crippen LogP contribution is 2.34. The van der Waals surface area contributed by atoms with Crippen molar-refractivity contribution in [2.24, 2.45) is 11.8 Å². The van der Waals surface area contributed by atoms with E-state index in [1.807, 2.05) is 43.5 Å². The Balaban J connectivity index is 1.56. The summed E-state index contributed by atoms with van der Waals surface area (Å²) < 4.78 is 22.2.